The molecule has 1 aromatic rings. The second-order valence-electron chi connectivity index (χ2n) is 5.01. The van der Waals surface area contributed by atoms with Gasteiger partial charge in [0, 0.05) is 12.3 Å². The number of guanidine groups is 1. The zero-order chi connectivity index (χ0) is 13.9. The van der Waals surface area contributed by atoms with Crippen LogP contribution in [0, 0.1) is 0 Å². The van der Waals surface area contributed by atoms with Crippen molar-refractivity contribution in [3.05, 3.63) is 35.4 Å². The largest absolute Gasteiger partial charge is 0.370 e. The molecule has 0 bridgehead atoms. The molecule has 0 unspecified atom stereocenters. The minimum Gasteiger partial charge on any atom is -0.370 e. The highest BCUT2D eigenvalue weighted by molar-refractivity contribution is 14.0. The number of nitrogens with one attached hydrogen (secondary N) is 1. The van der Waals surface area contributed by atoms with Gasteiger partial charge >= 0.3 is 0 Å². The van der Waals surface area contributed by atoms with Crippen molar-refractivity contribution in [2.45, 2.75) is 31.2 Å². The number of nitrogens with zero attached hydrogens (tertiary/aromatic N) is 1. The molecule has 0 aliphatic heterocycles. The lowest BCUT2D eigenvalue weighted by Gasteiger charge is -2.05. The van der Waals surface area contributed by atoms with E-state index in [1.807, 2.05) is 18.2 Å². The number of hydrogen-bond donors (Lipinski definition) is 2. The maximum atomic E-state index is 11.2. The highest BCUT2D eigenvalue weighted by Crippen LogP contribution is 2.18. The molecule has 112 valence electrons. The van der Waals surface area contributed by atoms with Crippen LogP contribution in [-0.2, 0) is 22.1 Å². The minimum absolute atomic E-state index is 0. The summed E-state index contributed by atoms with van der Waals surface area (Å²) >= 11 is 0. The normalized spacial score (nSPS) is 15.6. The van der Waals surface area contributed by atoms with Gasteiger partial charge in [-0.1, -0.05) is 24.3 Å². The quantitative estimate of drug-likeness (QED) is 0.438. The van der Waals surface area contributed by atoms with Crippen molar-refractivity contribution in [2.24, 2.45) is 10.7 Å². The van der Waals surface area contributed by atoms with Crippen LogP contribution >= 0.6 is 24.0 Å². The predicted octanol–water partition coefficient (Wildman–Crippen LogP) is 1.42. The molecule has 7 heteroatoms. The summed E-state index contributed by atoms with van der Waals surface area (Å²) in [7, 11) is -3.01. The molecule has 0 amide bonds. The molecule has 5 nitrogen and oxygen atoms in total. The third-order valence-corrected chi connectivity index (χ3v) is 3.64. The first-order valence-electron chi connectivity index (χ1n) is 6.24. The fraction of sp³-hybridized carbons (Fsp3) is 0.462. The molecule has 0 spiro atoms. The summed E-state index contributed by atoms with van der Waals surface area (Å²) in [5.74, 6) is 0.511. The second-order valence-corrected chi connectivity index (χ2v) is 7.15. The Morgan fingerprint density at radius 1 is 1.40 bits per heavy atom. The van der Waals surface area contributed by atoms with Crippen LogP contribution in [0.5, 0.6) is 0 Å². The Balaban J connectivity index is 0.00000200. The Bertz CT molecular complexity index is 583. The SMILES string of the molecule is CS(=O)(=O)Cc1cccc(CN=C(N)NC2CC2)c1.I. The van der Waals surface area contributed by atoms with Crippen LogP contribution in [-0.4, -0.2) is 26.7 Å². The molecule has 3 N–H and O–H groups in total. The summed E-state index contributed by atoms with van der Waals surface area (Å²) in [6.07, 6.45) is 3.54. The van der Waals surface area contributed by atoms with Gasteiger partial charge in [-0.05, 0) is 24.0 Å². The lowest BCUT2D eigenvalue weighted by Crippen LogP contribution is -2.33. The third kappa shape index (κ3) is 6.56. The zero-order valence-corrected chi connectivity index (χ0v) is 14.5. The molecular weight excluding hydrogens is 389 g/mol. The summed E-state index contributed by atoms with van der Waals surface area (Å²) in [6, 6.07) is 7.91. The van der Waals surface area contributed by atoms with E-state index in [0.717, 1.165) is 24.0 Å². The molecule has 1 aliphatic rings. The summed E-state index contributed by atoms with van der Waals surface area (Å²) in [6.45, 7) is 0.461. The molecule has 1 saturated carbocycles. The van der Waals surface area contributed by atoms with Crippen LogP contribution in [0.3, 0.4) is 0 Å². The van der Waals surface area contributed by atoms with Gasteiger partial charge in [-0.15, -0.1) is 24.0 Å². The number of hydrogen-bond acceptors (Lipinski definition) is 3. The average Bonchev–Trinajstić information content (AvgIpc) is 3.08. The molecule has 1 fully saturated rings. The summed E-state index contributed by atoms with van der Waals surface area (Å²) in [5, 5.41) is 3.11. The van der Waals surface area contributed by atoms with E-state index < -0.39 is 9.84 Å². The van der Waals surface area contributed by atoms with Crippen molar-refractivity contribution >= 4 is 39.8 Å². The maximum absolute atomic E-state index is 11.2. The van der Waals surface area contributed by atoms with E-state index in [1.54, 1.807) is 6.07 Å². The number of benzene rings is 1. The van der Waals surface area contributed by atoms with Gasteiger partial charge in [0.2, 0.25) is 0 Å². The first-order chi connectivity index (χ1) is 8.92. The van der Waals surface area contributed by atoms with E-state index in [9.17, 15) is 8.42 Å². The Hall–Kier alpha value is -0.830. The topological polar surface area (TPSA) is 84.5 Å². The van der Waals surface area contributed by atoms with Crippen LogP contribution in [0.1, 0.15) is 24.0 Å². The number of aliphatic imine (C=N–C) groups is 1. The fourth-order valence-electron chi connectivity index (χ4n) is 1.78. The molecule has 0 heterocycles. The molecule has 2 rings (SSSR count). The number of nitrogens with two attached hydrogens (primary N) is 1. The van der Waals surface area contributed by atoms with Crippen LogP contribution < -0.4 is 11.1 Å². The molecule has 1 aromatic carbocycles. The highest BCUT2D eigenvalue weighted by Gasteiger charge is 2.21. The Labute approximate surface area is 137 Å². The highest BCUT2D eigenvalue weighted by atomic mass is 127. The van der Waals surface area contributed by atoms with E-state index in [4.69, 9.17) is 5.73 Å². The van der Waals surface area contributed by atoms with Crippen molar-refractivity contribution < 1.29 is 8.42 Å². The monoisotopic (exact) mass is 409 g/mol. The van der Waals surface area contributed by atoms with E-state index in [0.29, 0.717) is 18.5 Å². The number of halogens is 1. The van der Waals surface area contributed by atoms with E-state index in [2.05, 4.69) is 10.3 Å². The van der Waals surface area contributed by atoms with Crippen molar-refractivity contribution in [2.75, 3.05) is 6.26 Å². The van der Waals surface area contributed by atoms with Crippen LogP contribution in [0.4, 0.5) is 0 Å². The van der Waals surface area contributed by atoms with Gasteiger partial charge < -0.3 is 11.1 Å². The molecule has 0 radical (unpaired) electrons. The first kappa shape index (κ1) is 17.2. The standard InChI is InChI=1S/C13H19N3O2S.HI/c1-19(17,18)9-11-4-2-3-10(7-11)8-15-13(14)16-12-5-6-12;/h2-4,7,12H,5-6,8-9H2,1H3,(H3,14,15,16);1H. The van der Waals surface area contributed by atoms with Gasteiger partial charge in [0.25, 0.3) is 0 Å². The van der Waals surface area contributed by atoms with Crippen LogP contribution in [0.25, 0.3) is 0 Å². The lowest BCUT2D eigenvalue weighted by molar-refractivity contribution is 0.601. The minimum atomic E-state index is -3.01. The van der Waals surface area contributed by atoms with Crippen molar-refractivity contribution in [1.82, 2.24) is 5.32 Å². The lowest BCUT2D eigenvalue weighted by atomic mass is 10.1. The van der Waals surface area contributed by atoms with E-state index in [1.165, 1.54) is 6.26 Å². The Kier molecular flexibility index (Phi) is 6.25. The second kappa shape index (κ2) is 7.26. The van der Waals surface area contributed by atoms with Crippen LogP contribution in [0.2, 0.25) is 0 Å². The van der Waals surface area contributed by atoms with Gasteiger partial charge in [-0.3, -0.25) is 0 Å². The van der Waals surface area contributed by atoms with Gasteiger partial charge in [0.1, 0.15) is 0 Å². The van der Waals surface area contributed by atoms with Gasteiger partial charge in [0.15, 0.2) is 15.8 Å². The molecule has 0 saturated heterocycles. The molecular formula is C13H20IN3O2S. The molecule has 0 atom stereocenters. The molecule has 1 aliphatic carbocycles. The molecule has 0 aromatic heterocycles. The molecule has 20 heavy (non-hydrogen) atoms. The average molecular weight is 409 g/mol. The van der Waals surface area contributed by atoms with E-state index >= 15 is 0 Å². The van der Waals surface area contributed by atoms with Crippen molar-refractivity contribution in [3.8, 4) is 0 Å². The number of sulfone groups is 1. The fourth-order valence-corrected chi connectivity index (χ4v) is 2.56. The zero-order valence-electron chi connectivity index (χ0n) is 11.4. The Morgan fingerprint density at radius 3 is 2.65 bits per heavy atom. The van der Waals surface area contributed by atoms with Crippen molar-refractivity contribution in [1.29, 1.82) is 0 Å². The van der Waals surface area contributed by atoms with Gasteiger partial charge in [0.05, 0.1) is 12.3 Å². The summed E-state index contributed by atoms with van der Waals surface area (Å²) in [4.78, 5) is 4.25. The number of rotatable bonds is 5. The first-order valence-corrected chi connectivity index (χ1v) is 8.30. The summed E-state index contributed by atoms with van der Waals surface area (Å²) in [5.41, 5.74) is 7.49. The van der Waals surface area contributed by atoms with Crippen LogP contribution in [0.15, 0.2) is 29.3 Å². The smallest absolute Gasteiger partial charge is 0.189 e. The van der Waals surface area contributed by atoms with Gasteiger partial charge in [-0.25, -0.2) is 13.4 Å². The van der Waals surface area contributed by atoms with Crippen molar-refractivity contribution in [3.63, 3.8) is 0 Å². The third-order valence-electron chi connectivity index (χ3n) is 2.78. The maximum Gasteiger partial charge on any atom is 0.189 e. The van der Waals surface area contributed by atoms with E-state index in [-0.39, 0.29) is 29.7 Å². The predicted molar refractivity (Wildman–Crippen MR) is 91.9 cm³/mol. The Morgan fingerprint density at radius 2 is 2.05 bits per heavy atom. The van der Waals surface area contributed by atoms with Gasteiger partial charge in [-0.2, -0.15) is 0 Å². The summed E-state index contributed by atoms with van der Waals surface area (Å²) < 4.78 is 22.5.